The van der Waals surface area contributed by atoms with Crippen LogP contribution in [0.3, 0.4) is 0 Å². The van der Waals surface area contributed by atoms with Crippen LogP contribution < -0.4 is 10.1 Å². The lowest BCUT2D eigenvalue weighted by Gasteiger charge is -2.27. The molecule has 0 radical (unpaired) electrons. The smallest absolute Gasteiger partial charge is 0.259 e. The first-order valence-corrected chi connectivity index (χ1v) is 8.95. The second kappa shape index (κ2) is 8.04. The van der Waals surface area contributed by atoms with E-state index in [2.05, 4.69) is 5.32 Å². The van der Waals surface area contributed by atoms with Crippen molar-refractivity contribution in [3.8, 4) is 5.75 Å². The van der Waals surface area contributed by atoms with Gasteiger partial charge in [0.15, 0.2) is 0 Å². The first-order valence-electron chi connectivity index (χ1n) is 8.95. The molecule has 5 heteroatoms. The highest BCUT2D eigenvalue weighted by Gasteiger charge is 2.22. The maximum atomic E-state index is 12.9. The second-order valence-electron chi connectivity index (χ2n) is 6.51. The summed E-state index contributed by atoms with van der Waals surface area (Å²) in [4.78, 5) is 27.5. The Morgan fingerprint density at radius 1 is 0.962 bits per heavy atom. The summed E-state index contributed by atoms with van der Waals surface area (Å²) in [5, 5.41) is 2.88. The highest BCUT2D eigenvalue weighted by molar-refractivity contribution is 6.10. The van der Waals surface area contributed by atoms with E-state index in [-0.39, 0.29) is 11.8 Å². The topological polar surface area (TPSA) is 58.6 Å². The summed E-state index contributed by atoms with van der Waals surface area (Å²) in [6, 6.07) is 12.6. The normalized spacial score (nSPS) is 14.0. The van der Waals surface area contributed by atoms with Gasteiger partial charge in [-0.2, -0.15) is 0 Å². The predicted molar refractivity (Wildman–Crippen MR) is 102 cm³/mol. The minimum Gasteiger partial charge on any atom is -0.496 e. The predicted octanol–water partition coefficient (Wildman–Crippen LogP) is 3.88. The fourth-order valence-corrected chi connectivity index (χ4v) is 3.34. The van der Waals surface area contributed by atoms with E-state index in [1.54, 1.807) is 25.3 Å². The Morgan fingerprint density at radius 3 is 2.38 bits per heavy atom. The third kappa shape index (κ3) is 3.72. The molecule has 2 aromatic rings. The molecule has 0 unspecified atom stereocenters. The molecule has 0 aromatic heterocycles. The Bertz CT molecular complexity index is 811. The molecule has 2 amide bonds. The van der Waals surface area contributed by atoms with E-state index < -0.39 is 0 Å². The van der Waals surface area contributed by atoms with Gasteiger partial charge in [0.2, 0.25) is 0 Å². The van der Waals surface area contributed by atoms with Crippen LogP contribution in [0.1, 0.15) is 45.5 Å². The molecule has 3 rings (SSSR count). The number of likely N-dealkylation sites (tertiary alicyclic amines) is 1. The highest BCUT2D eigenvalue weighted by Crippen LogP contribution is 2.25. The second-order valence-corrected chi connectivity index (χ2v) is 6.51. The van der Waals surface area contributed by atoms with Gasteiger partial charge in [-0.05, 0) is 49.9 Å². The lowest BCUT2D eigenvalue weighted by atomic mass is 10.1. The summed E-state index contributed by atoms with van der Waals surface area (Å²) >= 11 is 0. The van der Waals surface area contributed by atoms with Crippen molar-refractivity contribution < 1.29 is 14.3 Å². The molecule has 1 fully saturated rings. The SMILES string of the molecule is COc1c(C)cccc1C(=O)Nc1ccccc1C(=O)N1CCCCC1. The monoisotopic (exact) mass is 352 g/mol. The summed E-state index contributed by atoms with van der Waals surface area (Å²) in [6.45, 7) is 3.43. The molecule has 136 valence electrons. The van der Waals surface area contributed by atoms with Gasteiger partial charge in [0, 0.05) is 13.1 Å². The van der Waals surface area contributed by atoms with Crippen LogP contribution in [0.2, 0.25) is 0 Å². The van der Waals surface area contributed by atoms with Gasteiger partial charge < -0.3 is 15.0 Å². The van der Waals surface area contributed by atoms with Gasteiger partial charge in [0.05, 0.1) is 23.9 Å². The van der Waals surface area contributed by atoms with Gasteiger partial charge in [0.25, 0.3) is 11.8 Å². The molecule has 1 N–H and O–H groups in total. The quantitative estimate of drug-likeness (QED) is 0.908. The number of anilines is 1. The van der Waals surface area contributed by atoms with Gasteiger partial charge in [-0.1, -0.05) is 24.3 Å². The van der Waals surface area contributed by atoms with Crippen LogP contribution in [-0.2, 0) is 0 Å². The van der Waals surface area contributed by atoms with E-state index in [0.717, 1.165) is 37.9 Å². The molecule has 1 saturated heterocycles. The first kappa shape index (κ1) is 18.0. The van der Waals surface area contributed by atoms with E-state index in [1.165, 1.54) is 0 Å². The van der Waals surface area contributed by atoms with Crippen LogP contribution in [0.4, 0.5) is 5.69 Å². The van der Waals surface area contributed by atoms with Gasteiger partial charge in [-0.25, -0.2) is 0 Å². The number of benzene rings is 2. The average Bonchev–Trinajstić information content (AvgIpc) is 2.68. The summed E-state index contributed by atoms with van der Waals surface area (Å²) in [7, 11) is 1.55. The lowest BCUT2D eigenvalue weighted by Crippen LogP contribution is -2.36. The standard InChI is InChI=1S/C21H24N2O3/c1-15-9-8-11-17(19(15)26-2)20(24)22-18-12-5-4-10-16(18)21(25)23-13-6-3-7-14-23/h4-5,8-12H,3,6-7,13-14H2,1-2H3,(H,22,24). The third-order valence-electron chi connectivity index (χ3n) is 4.71. The number of nitrogens with one attached hydrogen (secondary N) is 1. The molecule has 1 aliphatic rings. The zero-order valence-electron chi connectivity index (χ0n) is 15.2. The lowest BCUT2D eigenvalue weighted by molar-refractivity contribution is 0.0725. The Morgan fingerprint density at radius 2 is 1.65 bits per heavy atom. The van der Waals surface area contributed by atoms with Gasteiger partial charge in [-0.3, -0.25) is 9.59 Å². The van der Waals surface area contributed by atoms with Crippen LogP contribution in [0, 0.1) is 6.92 Å². The molecule has 0 bridgehead atoms. The van der Waals surface area contributed by atoms with Crippen molar-refractivity contribution in [1.29, 1.82) is 0 Å². The summed E-state index contributed by atoms with van der Waals surface area (Å²) in [5.74, 6) is 0.228. The van der Waals surface area contributed by atoms with E-state index in [0.29, 0.717) is 22.6 Å². The van der Waals surface area contributed by atoms with Crippen molar-refractivity contribution in [2.24, 2.45) is 0 Å². The molecular weight excluding hydrogens is 328 g/mol. The number of para-hydroxylation sites is 2. The Hall–Kier alpha value is -2.82. The third-order valence-corrected chi connectivity index (χ3v) is 4.71. The zero-order valence-corrected chi connectivity index (χ0v) is 15.2. The summed E-state index contributed by atoms with van der Waals surface area (Å²) in [6.07, 6.45) is 3.22. The fourth-order valence-electron chi connectivity index (χ4n) is 3.34. The number of ether oxygens (including phenoxy) is 1. The molecule has 0 spiro atoms. The van der Waals surface area contributed by atoms with Crippen molar-refractivity contribution in [1.82, 2.24) is 4.90 Å². The average molecular weight is 352 g/mol. The van der Waals surface area contributed by atoms with Crippen LogP contribution in [0.15, 0.2) is 42.5 Å². The molecule has 0 atom stereocenters. The number of methoxy groups -OCH3 is 1. The molecule has 0 aliphatic carbocycles. The Labute approximate surface area is 154 Å². The molecule has 5 nitrogen and oxygen atoms in total. The van der Waals surface area contributed by atoms with Crippen LogP contribution in [0.25, 0.3) is 0 Å². The maximum absolute atomic E-state index is 12.9. The first-order chi connectivity index (χ1) is 12.6. The van der Waals surface area contributed by atoms with Crippen molar-refractivity contribution in [3.63, 3.8) is 0 Å². The highest BCUT2D eigenvalue weighted by atomic mass is 16.5. The number of carbonyl (C=O) groups excluding carboxylic acids is 2. The van der Waals surface area contributed by atoms with Crippen LogP contribution in [0.5, 0.6) is 5.75 Å². The minimum absolute atomic E-state index is 0.0307. The van der Waals surface area contributed by atoms with Crippen molar-refractivity contribution >= 4 is 17.5 Å². The van der Waals surface area contributed by atoms with E-state index in [9.17, 15) is 9.59 Å². The van der Waals surface area contributed by atoms with Crippen molar-refractivity contribution in [2.45, 2.75) is 26.2 Å². The number of piperidine rings is 1. The number of hydrogen-bond donors (Lipinski definition) is 1. The van der Waals surface area contributed by atoms with Crippen LogP contribution in [-0.4, -0.2) is 36.9 Å². The maximum Gasteiger partial charge on any atom is 0.259 e. The van der Waals surface area contributed by atoms with Gasteiger partial charge in [-0.15, -0.1) is 0 Å². The number of amides is 2. The zero-order chi connectivity index (χ0) is 18.5. The number of hydrogen-bond acceptors (Lipinski definition) is 3. The van der Waals surface area contributed by atoms with Crippen molar-refractivity contribution in [3.05, 3.63) is 59.2 Å². The van der Waals surface area contributed by atoms with E-state index >= 15 is 0 Å². The number of nitrogens with zero attached hydrogens (tertiary/aromatic N) is 1. The van der Waals surface area contributed by atoms with E-state index in [4.69, 9.17) is 4.74 Å². The largest absolute Gasteiger partial charge is 0.496 e. The number of carbonyl (C=O) groups is 2. The van der Waals surface area contributed by atoms with Crippen molar-refractivity contribution in [2.75, 3.05) is 25.5 Å². The summed E-state index contributed by atoms with van der Waals surface area (Å²) < 4.78 is 5.37. The molecule has 1 aliphatic heterocycles. The molecule has 26 heavy (non-hydrogen) atoms. The fraction of sp³-hybridized carbons (Fsp3) is 0.333. The van der Waals surface area contributed by atoms with Crippen LogP contribution >= 0.6 is 0 Å². The molecular formula is C21H24N2O3. The Balaban J connectivity index is 1.86. The number of rotatable bonds is 4. The molecule has 1 heterocycles. The minimum atomic E-state index is -0.288. The number of aryl methyl sites for hydroxylation is 1. The van der Waals surface area contributed by atoms with Gasteiger partial charge >= 0.3 is 0 Å². The summed E-state index contributed by atoms with van der Waals surface area (Å²) in [5.41, 5.74) is 2.39. The molecule has 2 aromatic carbocycles. The van der Waals surface area contributed by atoms with E-state index in [1.807, 2.05) is 36.1 Å². The molecule has 0 saturated carbocycles. The Kier molecular flexibility index (Phi) is 5.56. The van der Waals surface area contributed by atoms with Gasteiger partial charge in [0.1, 0.15) is 5.75 Å².